The SMILES string of the molecule is COc1ccc(C(=O)O[C@@H]2CC(C)=CC[C@@]3(C)CC[C@](O)(C(C)C)[C@H]23)cc1O. The second-order valence-electron chi connectivity index (χ2n) is 9.07. The number of methoxy groups -OCH3 is 1. The Balaban J connectivity index is 1.92. The second-order valence-corrected chi connectivity index (χ2v) is 9.07. The van der Waals surface area contributed by atoms with Gasteiger partial charge < -0.3 is 19.7 Å². The molecule has 1 aromatic carbocycles. The lowest BCUT2D eigenvalue weighted by molar-refractivity contribution is -0.112. The largest absolute Gasteiger partial charge is 0.504 e. The Hall–Kier alpha value is -2.01. The van der Waals surface area contributed by atoms with Gasteiger partial charge in [-0.1, -0.05) is 32.4 Å². The number of allylic oxidation sites excluding steroid dienone is 1. The first-order valence-electron chi connectivity index (χ1n) is 10.1. The molecule has 154 valence electrons. The molecule has 0 spiro atoms. The number of hydrogen-bond donors (Lipinski definition) is 2. The number of aliphatic hydroxyl groups is 1. The van der Waals surface area contributed by atoms with Crippen molar-refractivity contribution in [2.24, 2.45) is 17.3 Å². The van der Waals surface area contributed by atoms with Crippen molar-refractivity contribution in [1.82, 2.24) is 0 Å². The zero-order valence-electron chi connectivity index (χ0n) is 17.5. The highest BCUT2D eigenvalue weighted by Gasteiger charge is 2.59. The van der Waals surface area contributed by atoms with Crippen LogP contribution in [0.4, 0.5) is 0 Å². The van der Waals surface area contributed by atoms with Gasteiger partial charge in [0, 0.05) is 12.3 Å². The van der Waals surface area contributed by atoms with E-state index >= 15 is 0 Å². The molecule has 1 saturated carbocycles. The lowest BCUT2D eigenvalue weighted by atomic mass is 9.67. The molecule has 0 unspecified atom stereocenters. The minimum Gasteiger partial charge on any atom is -0.504 e. The van der Waals surface area contributed by atoms with Gasteiger partial charge in [0.2, 0.25) is 0 Å². The number of phenols is 1. The molecular formula is C23H32O5. The van der Waals surface area contributed by atoms with Crippen LogP contribution in [-0.4, -0.2) is 35.0 Å². The molecule has 0 saturated heterocycles. The summed E-state index contributed by atoms with van der Waals surface area (Å²) in [6, 6.07) is 4.50. The Labute approximate surface area is 167 Å². The summed E-state index contributed by atoms with van der Waals surface area (Å²) in [5.41, 5.74) is 0.485. The fourth-order valence-corrected chi connectivity index (χ4v) is 5.11. The molecule has 1 fully saturated rings. The van der Waals surface area contributed by atoms with E-state index < -0.39 is 17.7 Å². The van der Waals surface area contributed by atoms with E-state index in [0.717, 1.165) is 19.3 Å². The van der Waals surface area contributed by atoms with Crippen molar-refractivity contribution in [1.29, 1.82) is 0 Å². The van der Waals surface area contributed by atoms with Gasteiger partial charge in [-0.15, -0.1) is 0 Å². The Kier molecular flexibility index (Phi) is 5.50. The smallest absolute Gasteiger partial charge is 0.338 e. The zero-order valence-corrected chi connectivity index (χ0v) is 17.5. The van der Waals surface area contributed by atoms with E-state index in [9.17, 15) is 15.0 Å². The van der Waals surface area contributed by atoms with Gasteiger partial charge in [-0.05, 0) is 55.7 Å². The molecule has 4 atom stereocenters. The van der Waals surface area contributed by atoms with Crippen molar-refractivity contribution < 1.29 is 24.5 Å². The zero-order chi connectivity index (χ0) is 20.7. The molecule has 1 aromatic rings. The van der Waals surface area contributed by atoms with Gasteiger partial charge in [0.15, 0.2) is 11.5 Å². The highest BCUT2D eigenvalue weighted by molar-refractivity contribution is 5.90. The van der Waals surface area contributed by atoms with E-state index in [1.807, 2.05) is 13.8 Å². The molecule has 0 aromatic heterocycles. The second kappa shape index (κ2) is 7.43. The van der Waals surface area contributed by atoms with Crippen LogP contribution in [0.25, 0.3) is 0 Å². The molecule has 0 heterocycles. The first-order chi connectivity index (χ1) is 13.1. The standard InChI is InChI=1S/C23H32O5/c1-14(2)23(26)11-10-22(4)9-8-15(3)12-19(20(22)23)28-21(25)16-6-7-18(27-5)17(24)13-16/h6-8,13-14,19-20,24,26H,9-12H2,1-5H3/t19-,20-,22+,23+/m1/s1. The Morgan fingerprint density at radius 2 is 2.00 bits per heavy atom. The molecule has 0 amide bonds. The number of benzene rings is 1. The van der Waals surface area contributed by atoms with Gasteiger partial charge >= 0.3 is 5.97 Å². The van der Waals surface area contributed by atoms with E-state index in [0.29, 0.717) is 12.2 Å². The van der Waals surface area contributed by atoms with Crippen molar-refractivity contribution in [3.63, 3.8) is 0 Å². The molecule has 0 bridgehead atoms. The number of fused-ring (bicyclic) bond motifs is 1. The first-order valence-corrected chi connectivity index (χ1v) is 10.1. The maximum atomic E-state index is 12.9. The lowest BCUT2D eigenvalue weighted by Crippen LogP contribution is -2.50. The summed E-state index contributed by atoms with van der Waals surface area (Å²) in [4.78, 5) is 12.9. The molecule has 2 aliphatic rings. The number of aromatic hydroxyl groups is 1. The predicted molar refractivity (Wildman–Crippen MR) is 107 cm³/mol. The molecule has 0 radical (unpaired) electrons. The number of carbonyl (C=O) groups excluding carboxylic acids is 1. The topological polar surface area (TPSA) is 76.0 Å². The molecule has 0 aliphatic heterocycles. The monoisotopic (exact) mass is 388 g/mol. The van der Waals surface area contributed by atoms with Crippen LogP contribution in [0.2, 0.25) is 0 Å². The molecule has 3 rings (SSSR count). The first kappa shape index (κ1) is 20.7. The van der Waals surface area contributed by atoms with Crippen LogP contribution in [0.3, 0.4) is 0 Å². The van der Waals surface area contributed by atoms with E-state index in [2.05, 4.69) is 19.9 Å². The number of rotatable bonds is 4. The van der Waals surface area contributed by atoms with Crippen molar-refractivity contribution in [2.45, 2.75) is 65.1 Å². The fourth-order valence-electron chi connectivity index (χ4n) is 5.11. The lowest BCUT2D eigenvalue weighted by Gasteiger charge is -2.43. The highest BCUT2D eigenvalue weighted by Crippen LogP contribution is 2.58. The molecule has 5 nitrogen and oxygen atoms in total. The number of phenolic OH excluding ortho intramolecular Hbond substituents is 1. The molecule has 5 heteroatoms. The van der Waals surface area contributed by atoms with E-state index in [-0.39, 0.29) is 28.6 Å². The summed E-state index contributed by atoms with van der Waals surface area (Å²) in [6.07, 6.45) is 4.95. The Morgan fingerprint density at radius 1 is 1.29 bits per heavy atom. The van der Waals surface area contributed by atoms with Crippen LogP contribution >= 0.6 is 0 Å². The van der Waals surface area contributed by atoms with Gasteiger partial charge in [-0.2, -0.15) is 0 Å². The molecule has 28 heavy (non-hydrogen) atoms. The number of esters is 1. The van der Waals surface area contributed by atoms with Gasteiger partial charge in [0.05, 0.1) is 18.3 Å². The van der Waals surface area contributed by atoms with Crippen LogP contribution < -0.4 is 4.74 Å². The Bertz CT molecular complexity index is 783. The Morgan fingerprint density at radius 3 is 2.61 bits per heavy atom. The molecular weight excluding hydrogens is 356 g/mol. The van der Waals surface area contributed by atoms with Crippen LogP contribution in [0.1, 0.15) is 63.7 Å². The van der Waals surface area contributed by atoms with Crippen molar-refractivity contribution in [3.8, 4) is 11.5 Å². The van der Waals surface area contributed by atoms with Gasteiger partial charge in [0.1, 0.15) is 6.10 Å². The summed E-state index contributed by atoms with van der Waals surface area (Å²) in [5, 5.41) is 21.5. The van der Waals surface area contributed by atoms with Crippen molar-refractivity contribution >= 4 is 5.97 Å². The predicted octanol–water partition coefficient (Wildman–Crippen LogP) is 4.47. The third kappa shape index (κ3) is 3.52. The van der Waals surface area contributed by atoms with Crippen LogP contribution in [0, 0.1) is 17.3 Å². The highest BCUT2D eigenvalue weighted by atomic mass is 16.5. The van der Waals surface area contributed by atoms with Crippen molar-refractivity contribution in [2.75, 3.05) is 7.11 Å². The number of carbonyl (C=O) groups is 1. The summed E-state index contributed by atoms with van der Waals surface area (Å²) < 4.78 is 11.0. The van der Waals surface area contributed by atoms with Crippen molar-refractivity contribution in [3.05, 3.63) is 35.4 Å². The van der Waals surface area contributed by atoms with Crippen LogP contribution in [0.15, 0.2) is 29.8 Å². The summed E-state index contributed by atoms with van der Waals surface area (Å²) >= 11 is 0. The van der Waals surface area contributed by atoms with Gasteiger partial charge in [-0.25, -0.2) is 4.79 Å². The third-order valence-electron chi connectivity index (χ3n) is 6.87. The maximum Gasteiger partial charge on any atom is 0.338 e. The van der Waals surface area contributed by atoms with E-state index in [1.165, 1.54) is 18.7 Å². The maximum absolute atomic E-state index is 12.9. The van der Waals surface area contributed by atoms with Gasteiger partial charge in [-0.3, -0.25) is 0 Å². The summed E-state index contributed by atoms with van der Waals surface area (Å²) in [5.74, 6) is -0.341. The average molecular weight is 389 g/mol. The normalized spacial score (nSPS) is 32.5. The number of hydrogen-bond acceptors (Lipinski definition) is 5. The van der Waals surface area contributed by atoms with Crippen LogP contribution in [0.5, 0.6) is 11.5 Å². The summed E-state index contributed by atoms with van der Waals surface area (Å²) in [7, 11) is 1.46. The third-order valence-corrected chi connectivity index (χ3v) is 6.87. The quantitative estimate of drug-likeness (QED) is 0.588. The van der Waals surface area contributed by atoms with Gasteiger partial charge in [0.25, 0.3) is 0 Å². The average Bonchev–Trinajstić information content (AvgIpc) is 2.84. The molecule has 2 aliphatic carbocycles. The summed E-state index contributed by atoms with van der Waals surface area (Å²) in [6.45, 7) is 8.33. The molecule has 2 N–H and O–H groups in total. The number of ether oxygens (including phenoxy) is 2. The van der Waals surface area contributed by atoms with E-state index in [4.69, 9.17) is 9.47 Å². The van der Waals surface area contributed by atoms with E-state index in [1.54, 1.807) is 12.1 Å². The fraction of sp³-hybridized carbons (Fsp3) is 0.609. The minimum atomic E-state index is -0.861. The van der Waals surface area contributed by atoms with Crippen LogP contribution in [-0.2, 0) is 4.74 Å². The minimum absolute atomic E-state index is 0.0731.